The molecule has 4 nitrogen and oxygen atoms in total. The average Bonchev–Trinajstić information content (AvgIpc) is 2.97. The van der Waals surface area contributed by atoms with Crippen LogP contribution in [0.15, 0.2) is 24.5 Å². The van der Waals surface area contributed by atoms with E-state index in [4.69, 9.17) is 4.74 Å². The molecule has 1 atom stereocenters. The molecule has 0 aliphatic heterocycles. The van der Waals surface area contributed by atoms with Crippen molar-refractivity contribution in [3.05, 3.63) is 41.5 Å². The number of methoxy groups -OCH3 is 1. The molecule has 21 heavy (non-hydrogen) atoms. The number of nitrogens with zero attached hydrogens (tertiary/aromatic N) is 2. The predicted octanol–water partition coefficient (Wildman–Crippen LogP) is 3.04. The molecule has 0 saturated heterocycles. The second kappa shape index (κ2) is 5.90. The first kappa shape index (κ1) is 14.1. The number of hydrogen-bond acceptors (Lipinski definition) is 3. The highest BCUT2D eigenvalue weighted by atomic mass is 16.5. The Morgan fingerprint density at radius 3 is 2.86 bits per heavy atom. The summed E-state index contributed by atoms with van der Waals surface area (Å²) in [7, 11) is 3.71. The summed E-state index contributed by atoms with van der Waals surface area (Å²) in [6, 6.07) is 6.45. The first-order chi connectivity index (χ1) is 10.3. The van der Waals surface area contributed by atoms with Gasteiger partial charge in [-0.1, -0.05) is 6.07 Å². The van der Waals surface area contributed by atoms with E-state index in [1.54, 1.807) is 7.11 Å². The standard InChI is InChI=1S/C17H23N3O/c1-12(18-2)17-15(9-6-10-16(17)21-3)20-11-19-13-7-4-5-8-14(13)20/h6,9-12,18H,4-5,7-8H2,1-3H3. The third-order valence-electron chi connectivity index (χ3n) is 4.42. The molecule has 2 aromatic rings. The molecule has 1 aromatic heterocycles. The zero-order valence-corrected chi connectivity index (χ0v) is 13.0. The van der Waals surface area contributed by atoms with E-state index in [-0.39, 0.29) is 6.04 Å². The molecule has 3 rings (SSSR count). The SMILES string of the molecule is CNC(C)c1c(OC)cccc1-n1cnc2c1CCCC2. The Morgan fingerprint density at radius 2 is 2.10 bits per heavy atom. The minimum Gasteiger partial charge on any atom is -0.496 e. The van der Waals surface area contributed by atoms with Crippen molar-refractivity contribution in [2.45, 2.75) is 38.6 Å². The third-order valence-corrected chi connectivity index (χ3v) is 4.42. The Kier molecular flexibility index (Phi) is 3.97. The van der Waals surface area contributed by atoms with Crippen LogP contribution in [-0.4, -0.2) is 23.7 Å². The molecule has 112 valence electrons. The molecular weight excluding hydrogens is 262 g/mol. The number of ether oxygens (including phenoxy) is 1. The van der Waals surface area contributed by atoms with Crippen molar-refractivity contribution in [1.29, 1.82) is 0 Å². The molecule has 0 fully saturated rings. The Bertz CT molecular complexity index is 633. The van der Waals surface area contributed by atoms with Gasteiger partial charge in [0.15, 0.2) is 0 Å². The molecule has 1 unspecified atom stereocenters. The second-order valence-electron chi connectivity index (χ2n) is 5.62. The van der Waals surface area contributed by atoms with Crippen LogP contribution < -0.4 is 10.1 Å². The van der Waals surface area contributed by atoms with Gasteiger partial charge in [-0.15, -0.1) is 0 Å². The molecular formula is C17H23N3O. The Morgan fingerprint density at radius 1 is 1.29 bits per heavy atom. The quantitative estimate of drug-likeness (QED) is 0.938. The topological polar surface area (TPSA) is 39.1 Å². The Balaban J connectivity index is 2.16. The summed E-state index contributed by atoms with van der Waals surface area (Å²) in [5.41, 5.74) is 4.98. The van der Waals surface area contributed by atoms with Crippen molar-refractivity contribution in [3.63, 3.8) is 0 Å². The van der Waals surface area contributed by atoms with Crippen molar-refractivity contribution in [1.82, 2.24) is 14.9 Å². The number of hydrogen-bond donors (Lipinski definition) is 1. The fraction of sp³-hybridized carbons (Fsp3) is 0.471. The Hall–Kier alpha value is -1.81. The normalized spacial score (nSPS) is 15.6. The number of fused-ring (bicyclic) bond motifs is 1. The summed E-state index contributed by atoms with van der Waals surface area (Å²) in [6.45, 7) is 2.16. The minimum atomic E-state index is 0.220. The second-order valence-corrected chi connectivity index (χ2v) is 5.62. The number of aromatic nitrogens is 2. The van der Waals surface area contributed by atoms with Gasteiger partial charge in [0.25, 0.3) is 0 Å². The predicted molar refractivity (Wildman–Crippen MR) is 84.2 cm³/mol. The lowest BCUT2D eigenvalue weighted by molar-refractivity contribution is 0.403. The van der Waals surface area contributed by atoms with Crippen LogP contribution in [-0.2, 0) is 12.8 Å². The first-order valence-corrected chi connectivity index (χ1v) is 7.66. The highest BCUT2D eigenvalue weighted by Gasteiger charge is 2.21. The van der Waals surface area contributed by atoms with Gasteiger partial charge < -0.3 is 14.6 Å². The Labute approximate surface area is 126 Å². The lowest BCUT2D eigenvalue weighted by Crippen LogP contribution is -2.17. The zero-order valence-electron chi connectivity index (χ0n) is 13.0. The van der Waals surface area contributed by atoms with Gasteiger partial charge in [0.2, 0.25) is 0 Å². The van der Waals surface area contributed by atoms with Crippen LogP contribution in [0.1, 0.15) is 42.8 Å². The zero-order chi connectivity index (χ0) is 14.8. The van der Waals surface area contributed by atoms with Crippen LogP contribution in [0.3, 0.4) is 0 Å². The van der Waals surface area contributed by atoms with Gasteiger partial charge in [-0.05, 0) is 51.8 Å². The number of imidazole rings is 1. The maximum atomic E-state index is 5.58. The van der Waals surface area contributed by atoms with Crippen LogP contribution in [0.25, 0.3) is 5.69 Å². The molecule has 4 heteroatoms. The molecule has 0 bridgehead atoms. The molecule has 1 aliphatic rings. The van der Waals surface area contributed by atoms with Gasteiger partial charge in [0, 0.05) is 17.3 Å². The van der Waals surface area contributed by atoms with Crippen molar-refractivity contribution in [2.75, 3.05) is 14.2 Å². The van der Waals surface area contributed by atoms with Crippen LogP contribution in [0.4, 0.5) is 0 Å². The van der Waals surface area contributed by atoms with Crippen molar-refractivity contribution in [2.24, 2.45) is 0 Å². The lowest BCUT2D eigenvalue weighted by Gasteiger charge is -2.22. The van der Waals surface area contributed by atoms with Crippen molar-refractivity contribution in [3.8, 4) is 11.4 Å². The van der Waals surface area contributed by atoms with Crippen LogP contribution >= 0.6 is 0 Å². The van der Waals surface area contributed by atoms with Crippen molar-refractivity contribution >= 4 is 0 Å². The average molecular weight is 285 g/mol. The van der Waals surface area contributed by atoms with E-state index >= 15 is 0 Å². The summed E-state index contributed by atoms with van der Waals surface area (Å²) >= 11 is 0. The number of aryl methyl sites for hydroxylation is 1. The molecule has 0 saturated carbocycles. The van der Waals surface area contributed by atoms with E-state index in [0.717, 1.165) is 18.6 Å². The molecule has 1 aromatic carbocycles. The molecule has 0 amide bonds. The first-order valence-electron chi connectivity index (χ1n) is 7.66. The number of benzene rings is 1. The summed E-state index contributed by atoms with van der Waals surface area (Å²) in [6.07, 6.45) is 6.68. The maximum absolute atomic E-state index is 5.58. The van der Waals surface area contributed by atoms with E-state index in [9.17, 15) is 0 Å². The largest absolute Gasteiger partial charge is 0.496 e. The third kappa shape index (κ3) is 2.44. The van der Waals surface area contributed by atoms with Gasteiger partial charge in [-0.2, -0.15) is 0 Å². The van der Waals surface area contributed by atoms with Gasteiger partial charge in [0.05, 0.1) is 24.8 Å². The van der Waals surface area contributed by atoms with E-state index in [1.807, 2.05) is 19.4 Å². The van der Waals surface area contributed by atoms with E-state index in [0.29, 0.717) is 0 Å². The van der Waals surface area contributed by atoms with E-state index in [2.05, 4.69) is 33.9 Å². The van der Waals surface area contributed by atoms with Crippen molar-refractivity contribution < 1.29 is 4.74 Å². The van der Waals surface area contributed by atoms with Gasteiger partial charge in [-0.25, -0.2) is 4.98 Å². The number of rotatable bonds is 4. The van der Waals surface area contributed by atoms with Crippen LogP contribution in [0.2, 0.25) is 0 Å². The molecule has 1 N–H and O–H groups in total. The summed E-state index contributed by atoms with van der Waals surface area (Å²) < 4.78 is 7.83. The smallest absolute Gasteiger partial charge is 0.125 e. The highest BCUT2D eigenvalue weighted by Crippen LogP contribution is 2.33. The monoisotopic (exact) mass is 285 g/mol. The summed E-state index contributed by atoms with van der Waals surface area (Å²) in [4.78, 5) is 4.62. The minimum absolute atomic E-state index is 0.220. The molecule has 1 heterocycles. The fourth-order valence-corrected chi connectivity index (χ4v) is 3.18. The number of nitrogens with one attached hydrogen (secondary N) is 1. The van der Waals surface area contributed by atoms with Gasteiger partial charge >= 0.3 is 0 Å². The maximum Gasteiger partial charge on any atom is 0.125 e. The molecule has 0 radical (unpaired) electrons. The molecule has 0 spiro atoms. The van der Waals surface area contributed by atoms with E-state index < -0.39 is 0 Å². The van der Waals surface area contributed by atoms with Crippen LogP contribution in [0.5, 0.6) is 5.75 Å². The fourth-order valence-electron chi connectivity index (χ4n) is 3.18. The summed E-state index contributed by atoms with van der Waals surface area (Å²) in [5.74, 6) is 0.924. The van der Waals surface area contributed by atoms with E-state index in [1.165, 1.54) is 35.5 Å². The lowest BCUT2D eigenvalue weighted by atomic mass is 10.00. The highest BCUT2D eigenvalue weighted by molar-refractivity contribution is 5.52. The molecule has 1 aliphatic carbocycles. The van der Waals surface area contributed by atoms with Gasteiger partial charge in [-0.3, -0.25) is 0 Å². The van der Waals surface area contributed by atoms with Crippen LogP contribution in [0, 0.1) is 0 Å². The van der Waals surface area contributed by atoms with Gasteiger partial charge in [0.1, 0.15) is 5.75 Å². The summed E-state index contributed by atoms with van der Waals surface area (Å²) in [5, 5.41) is 3.32.